The summed E-state index contributed by atoms with van der Waals surface area (Å²) in [6.45, 7) is 4.81. The van der Waals surface area contributed by atoms with Crippen LogP contribution in [0.15, 0.2) is 30.7 Å². The van der Waals surface area contributed by atoms with Crippen LogP contribution in [-0.2, 0) is 6.54 Å². The van der Waals surface area contributed by atoms with Gasteiger partial charge < -0.3 is 10.2 Å². The molecule has 2 aromatic heterocycles. The predicted molar refractivity (Wildman–Crippen MR) is 114 cm³/mol. The number of nitrogens with one attached hydrogen (secondary N) is 1. The summed E-state index contributed by atoms with van der Waals surface area (Å²) in [4.78, 5) is 11.4. The van der Waals surface area contributed by atoms with Gasteiger partial charge in [-0.1, -0.05) is 42.1 Å². The number of fused-ring (bicyclic) bond motifs is 1. The van der Waals surface area contributed by atoms with Gasteiger partial charge in [0.1, 0.15) is 12.1 Å². The summed E-state index contributed by atoms with van der Waals surface area (Å²) >= 11 is 12.3. The molecule has 1 saturated heterocycles. The molecule has 0 amide bonds. The monoisotopic (exact) mass is 418 g/mol. The van der Waals surface area contributed by atoms with Crippen LogP contribution in [0.2, 0.25) is 10.0 Å². The standard InChI is InChI=1S/C20H24Cl2N6/c21-16-6-5-15(18(22)11-16)13-28-20-17(12-26-28)19(24-14-25-20)23-7-10-27-8-3-1-2-4-9-27/h5-6,11-12,14H,1-4,7-10,13H2,(H,23,24,25). The largest absolute Gasteiger partial charge is 0.368 e. The minimum absolute atomic E-state index is 0.531. The fraction of sp³-hybridized carbons (Fsp3) is 0.450. The van der Waals surface area contributed by atoms with Crippen LogP contribution < -0.4 is 5.32 Å². The van der Waals surface area contributed by atoms with Gasteiger partial charge in [-0.2, -0.15) is 5.10 Å². The van der Waals surface area contributed by atoms with Crippen molar-refractivity contribution in [2.24, 2.45) is 0 Å². The molecule has 3 heterocycles. The first-order chi connectivity index (χ1) is 13.7. The van der Waals surface area contributed by atoms with Crippen molar-refractivity contribution in [2.75, 3.05) is 31.5 Å². The van der Waals surface area contributed by atoms with Crippen LogP contribution >= 0.6 is 23.2 Å². The summed E-state index contributed by atoms with van der Waals surface area (Å²) in [5.74, 6) is 0.827. The third-order valence-electron chi connectivity index (χ3n) is 5.19. The number of anilines is 1. The van der Waals surface area contributed by atoms with Gasteiger partial charge >= 0.3 is 0 Å². The number of halogens is 2. The van der Waals surface area contributed by atoms with Crippen molar-refractivity contribution in [3.8, 4) is 0 Å². The van der Waals surface area contributed by atoms with E-state index >= 15 is 0 Å². The van der Waals surface area contributed by atoms with E-state index in [4.69, 9.17) is 23.2 Å². The molecule has 0 unspecified atom stereocenters. The highest BCUT2D eigenvalue weighted by atomic mass is 35.5. The van der Waals surface area contributed by atoms with E-state index in [9.17, 15) is 0 Å². The molecule has 0 atom stereocenters. The van der Waals surface area contributed by atoms with Crippen molar-refractivity contribution in [1.82, 2.24) is 24.6 Å². The van der Waals surface area contributed by atoms with Crippen LogP contribution in [0.25, 0.3) is 11.0 Å². The zero-order valence-electron chi connectivity index (χ0n) is 15.7. The van der Waals surface area contributed by atoms with E-state index in [1.807, 2.05) is 23.0 Å². The number of benzene rings is 1. The highest BCUT2D eigenvalue weighted by Crippen LogP contribution is 2.24. The Morgan fingerprint density at radius 1 is 1.04 bits per heavy atom. The quantitative estimate of drug-likeness (QED) is 0.639. The smallest absolute Gasteiger partial charge is 0.163 e. The normalized spacial score (nSPS) is 15.6. The van der Waals surface area contributed by atoms with Gasteiger partial charge in [0.15, 0.2) is 5.65 Å². The molecule has 0 aliphatic carbocycles. The molecule has 6 nitrogen and oxygen atoms in total. The first kappa shape index (κ1) is 19.4. The highest BCUT2D eigenvalue weighted by Gasteiger charge is 2.13. The Morgan fingerprint density at radius 3 is 2.64 bits per heavy atom. The second-order valence-electron chi connectivity index (χ2n) is 7.18. The number of aromatic nitrogens is 4. The van der Waals surface area contributed by atoms with Crippen molar-refractivity contribution >= 4 is 40.1 Å². The number of nitrogens with zero attached hydrogens (tertiary/aromatic N) is 5. The maximum atomic E-state index is 6.31. The average molecular weight is 419 g/mol. The first-order valence-electron chi connectivity index (χ1n) is 9.77. The Bertz CT molecular complexity index is 934. The molecule has 1 aromatic carbocycles. The first-order valence-corrected chi connectivity index (χ1v) is 10.5. The third-order valence-corrected chi connectivity index (χ3v) is 5.77. The summed E-state index contributed by atoms with van der Waals surface area (Å²) in [6, 6.07) is 5.49. The molecular formula is C20H24Cl2N6. The molecule has 148 valence electrons. The van der Waals surface area contributed by atoms with Gasteiger partial charge in [0, 0.05) is 23.1 Å². The number of hydrogen-bond acceptors (Lipinski definition) is 5. The number of rotatable bonds is 6. The highest BCUT2D eigenvalue weighted by molar-refractivity contribution is 6.35. The Hall–Kier alpha value is -1.89. The zero-order valence-corrected chi connectivity index (χ0v) is 17.3. The van der Waals surface area contributed by atoms with E-state index in [0.29, 0.717) is 16.6 Å². The summed E-state index contributed by atoms with van der Waals surface area (Å²) in [6.07, 6.45) is 8.71. The van der Waals surface area contributed by atoms with Crippen molar-refractivity contribution in [3.05, 3.63) is 46.3 Å². The average Bonchev–Trinajstić information content (AvgIpc) is 2.92. The predicted octanol–water partition coefficient (Wildman–Crippen LogP) is 4.47. The molecule has 0 saturated carbocycles. The van der Waals surface area contributed by atoms with Crippen LogP contribution in [0.4, 0.5) is 5.82 Å². The van der Waals surface area contributed by atoms with Gasteiger partial charge in [-0.15, -0.1) is 0 Å². The Kier molecular flexibility index (Phi) is 6.29. The topological polar surface area (TPSA) is 58.9 Å². The molecule has 1 aliphatic heterocycles. The maximum absolute atomic E-state index is 6.31. The molecule has 1 aliphatic rings. The second kappa shape index (κ2) is 9.07. The fourth-order valence-corrected chi connectivity index (χ4v) is 4.12. The van der Waals surface area contributed by atoms with E-state index in [2.05, 4.69) is 25.3 Å². The number of likely N-dealkylation sites (tertiary alicyclic amines) is 1. The molecule has 0 spiro atoms. The lowest BCUT2D eigenvalue weighted by Crippen LogP contribution is -2.30. The van der Waals surface area contributed by atoms with Crippen LogP contribution in [0.1, 0.15) is 31.2 Å². The zero-order chi connectivity index (χ0) is 19.3. The van der Waals surface area contributed by atoms with Crippen LogP contribution in [0.5, 0.6) is 0 Å². The maximum Gasteiger partial charge on any atom is 0.163 e. The van der Waals surface area contributed by atoms with Crippen molar-refractivity contribution < 1.29 is 0 Å². The van der Waals surface area contributed by atoms with Gasteiger partial charge in [0.25, 0.3) is 0 Å². The molecule has 4 rings (SSSR count). The summed E-state index contributed by atoms with van der Waals surface area (Å²) in [7, 11) is 0. The minimum atomic E-state index is 0.531. The van der Waals surface area contributed by atoms with Gasteiger partial charge in [-0.05, 0) is 43.6 Å². The molecular weight excluding hydrogens is 395 g/mol. The number of hydrogen-bond donors (Lipinski definition) is 1. The van der Waals surface area contributed by atoms with Gasteiger partial charge in [-0.25, -0.2) is 14.6 Å². The molecule has 0 bridgehead atoms. The van der Waals surface area contributed by atoms with E-state index in [1.165, 1.54) is 38.8 Å². The Morgan fingerprint density at radius 2 is 1.86 bits per heavy atom. The molecule has 8 heteroatoms. The van der Waals surface area contributed by atoms with E-state index in [1.54, 1.807) is 12.4 Å². The van der Waals surface area contributed by atoms with E-state index < -0.39 is 0 Å². The fourth-order valence-electron chi connectivity index (χ4n) is 3.65. The lowest BCUT2D eigenvalue weighted by atomic mass is 10.2. The van der Waals surface area contributed by atoms with Crippen LogP contribution in [0.3, 0.4) is 0 Å². The summed E-state index contributed by atoms with van der Waals surface area (Å²) < 4.78 is 1.84. The van der Waals surface area contributed by atoms with Crippen LogP contribution in [-0.4, -0.2) is 50.8 Å². The van der Waals surface area contributed by atoms with E-state index in [-0.39, 0.29) is 0 Å². The summed E-state index contributed by atoms with van der Waals surface area (Å²) in [5.41, 5.74) is 1.74. The van der Waals surface area contributed by atoms with Gasteiger partial charge in [0.2, 0.25) is 0 Å². The Labute approximate surface area is 174 Å². The molecule has 3 aromatic rings. The van der Waals surface area contributed by atoms with Crippen molar-refractivity contribution in [3.63, 3.8) is 0 Å². The lowest BCUT2D eigenvalue weighted by Gasteiger charge is -2.19. The van der Waals surface area contributed by atoms with Gasteiger partial charge in [0.05, 0.1) is 18.1 Å². The molecule has 0 radical (unpaired) electrons. The summed E-state index contributed by atoms with van der Waals surface area (Å²) in [5, 5.41) is 10.1. The van der Waals surface area contributed by atoms with Crippen molar-refractivity contribution in [1.29, 1.82) is 0 Å². The minimum Gasteiger partial charge on any atom is -0.368 e. The molecule has 1 N–H and O–H groups in total. The molecule has 1 fully saturated rings. The lowest BCUT2D eigenvalue weighted by molar-refractivity contribution is 0.296. The van der Waals surface area contributed by atoms with Crippen LogP contribution in [0, 0.1) is 0 Å². The van der Waals surface area contributed by atoms with Crippen molar-refractivity contribution in [2.45, 2.75) is 32.2 Å². The second-order valence-corrected chi connectivity index (χ2v) is 8.02. The Balaban J connectivity index is 1.45. The third kappa shape index (κ3) is 4.57. The SMILES string of the molecule is Clc1ccc(Cn2ncc3c(NCCN4CCCCCC4)ncnc32)c(Cl)c1. The van der Waals surface area contributed by atoms with E-state index in [0.717, 1.165) is 35.5 Å². The van der Waals surface area contributed by atoms with Gasteiger partial charge in [-0.3, -0.25) is 0 Å². The molecule has 28 heavy (non-hydrogen) atoms.